The van der Waals surface area contributed by atoms with Crippen molar-refractivity contribution < 1.29 is 0 Å². The fraction of sp³-hybridized carbons (Fsp3) is 0.231. The smallest absolute Gasteiger partial charge is 0.159 e. The molecule has 0 saturated heterocycles. The van der Waals surface area contributed by atoms with E-state index in [1.165, 1.54) is 0 Å². The van der Waals surface area contributed by atoms with Crippen LogP contribution in [0.5, 0.6) is 0 Å². The van der Waals surface area contributed by atoms with Gasteiger partial charge in [0, 0.05) is 17.5 Å². The molecule has 0 bridgehead atoms. The SMILES string of the molecule is CC=NC(=N/C(C)=C\C)c1ccccc1. The van der Waals surface area contributed by atoms with Crippen molar-refractivity contribution in [3.63, 3.8) is 0 Å². The number of hydrogen-bond donors (Lipinski definition) is 0. The molecule has 0 radical (unpaired) electrons. The van der Waals surface area contributed by atoms with Crippen LogP contribution in [0.3, 0.4) is 0 Å². The van der Waals surface area contributed by atoms with Crippen molar-refractivity contribution in [3.05, 3.63) is 47.7 Å². The molecule has 0 aromatic heterocycles. The van der Waals surface area contributed by atoms with E-state index in [1.807, 2.05) is 57.2 Å². The summed E-state index contributed by atoms with van der Waals surface area (Å²) in [5.74, 6) is 0.758. The molecular formula is C13H16N2. The summed E-state index contributed by atoms with van der Waals surface area (Å²) in [6, 6.07) is 9.98. The largest absolute Gasteiger partial charge is 0.241 e. The number of aliphatic imine (C=N–C) groups is 2. The molecule has 1 aromatic carbocycles. The van der Waals surface area contributed by atoms with Crippen molar-refractivity contribution >= 4 is 12.1 Å². The molecule has 1 rings (SSSR count). The number of benzene rings is 1. The van der Waals surface area contributed by atoms with Gasteiger partial charge in [0.2, 0.25) is 0 Å². The Labute approximate surface area is 91.1 Å². The molecule has 15 heavy (non-hydrogen) atoms. The highest BCUT2D eigenvalue weighted by Gasteiger charge is 1.99. The van der Waals surface area contributed by atoms with Gasteiger partial charge in [0.05, 0.1) is 0 Å². The van der Waals surface area contributed by atoms with Crippen LogP contribution in [0.25, 0.3) is 0 Å². The fourth-order valence-electron chi connectivity index (χ4n) is 1.11. The van der Waals surface area contributed by atoms with Crippen LogP contribution < -0.4 is 0 Å². The van der Waals surface area contributed by atoms with Crippen LogP contribution in [0.4, 0.5) is 0 Å². The van der Waals surface area contributed by atoms with Gasteiger partial charge in [-0.3, -0.25) is 0 Å². The van der Waals surface area contributed by atoms with Gasteiger partial charge >= 0.3 is 0 Å². The third kappa shape index (κ3) is 3.50. The Morgan fingerprint density at radius 2 is 1.80 bits per heavy atom. The van der Waals surface area contributed by atoms with Crippen LogP contribution in [-0.4, -0.2) is 12.1 Å². The van der Waals surface area contributed by atoms with E-state index in [9.17, 15) is 0 Å². The van der Waals surface area contributed by atoms with Crippen LogP contribution in [0.1, 0.15) is 26.3 Å². The van der Waals surface area contributed by atoms with E-state index in [0.29, 0.717) is 0 Å². The van der Waals surface area contributed by atoms with Gasteiger partial charge in [-0.05, 0) is 20.8 Å². The van der Waals surface area contributed by atoms with Gasteiger partial charge in [0.15, 0.2) is 5.84 Å². The van der Waals surface area contributed by atoms with Crippen LogP contribution in [0, 0.1) is 0 Å². The van der Waals surface area contributed by atoms with Gasteiger partial charge in [-0.1, -0.05) is 36.4 Å². The number of rotatable bonds is 2. The Bertz CT molecular complexity index is 386. The first kappa shape index (κ1) is 11.4. The summed E-state index contributed by atoms with van der Waals surface area (Å²) in [7, 11) is 0. The second-order valence-corrected chi connectivity index (χ2v) is 3.12. The van der Waals surface area contributed by atoms with Gasteiger partial charge in [0.25, 0.3) is 0 Å². The molecule has 0 saturated carbocycles. The minimum atomic E-state index is 0.758. The second-order valence-electron chi connectivity index (χ2n) is 3.12. The maximum Gasteiger partial charge on any atom is 0.159 e. The molecule has 0 atom stereocenters. The number of allylic oxidation sites excluding steroid dienone is 2. The predicted molar refractivity (Wildman–Crippen MR) is 66.6 cm³/mol. The first-order valence-electron chi connectivity index (χ1n) is 5.03. The van der Waals surface area contributed by atoms with Gasteiger partial charge in [0.1, 0.15) is 0 Å². The second kappa shape index (κ2) is 5.91. The first-order valence-corrected chi connectivity index (χ1v) is 5.03. The van der Waals surface area contributed by atoms with E-state index in [-0.39, 0.29) is 0 Å². The molecule has 0 aliphatic carbocycles. The van der Waals surface area contributed by atoms with Gasteiger partial charge < -0.3 is 0 Å². The lowest BCUT2D eigenvalue weighted by Gasteiger charge is -2.00. The lowest BCUT2D eigenvalue weighted by atomic mass is 10.2. The lowest BCUT2D eigenvalue weighted by Crippen LogP contribution is -1.97. The van der Waals surface area contributed by atoms with Crippen molar-refractivity contribution in [3.8, 4) is 0 Å². The van der Waals surface area contributed by atoms with Crippen LogP contribution in [-0.2, 0) is 0 Å². The molecule has 0 unspecified atom stereocenters. The van der Waals surface area contributed by atoms with Crippen molar-refractivity contribution in [2.24, 2.45) is 9.98 Å². The molecule has 0 fully saturated rings. The average Bonchev–Trinajstić information content (AvgIpc) is 2.29. The zero-order chi connectivity index (χ0) is 11.1. The molecule has 0 heterocycles. The van der Waals surface area contributed by atoms with Crippen molar-refractivity contribution in [1.29, 1.82) is 0 Å². The highest BCUT2D eigenvalue weighted by molar-refractivity contribution is 6.03. The van der Waals surface area contributed by atoms with E-state index in [0.717, 1.165) is 17.1 Å². The highest BCUT2D eigenvalue weighted by atomic mass is 14.9. The Balaban J connectivity index is 3.09. The molecule has 0 spiro atoms. The molecule has 0 aliphatic rings. The van der Waals surface area contributed by atoms with E-state index in [2.05, 4.69) is 9.98 Å². The van der Waals surface area contributed by atoms with Crippen molar-refractivity contribution in [2.45, 2.75) is 20.8 Å². The Hall–Kier alpha value is -1.70. The maximum atomic E-state index is 4.43. The summed E-state index contributed by atoms with van der Waals surface area (Å²) in [4.78, 5) is 8.70. The molecule has 2 heteroatoms. The van der Waals surface area contributed by atoms with Gasteiger partial charge in [-0.15, -0.1) is 0 Å². The van der Waals surface area contributed by atoms with Gasteiger partial charge in [-0.25, -0.2) is 9.98 Å². The van der Waals surface area contributed by atoms with E-state index in [4.69, 9.17) is 0 Å². The predicted octanol–water partition coefficient (Wildman–Crippen LogP) is 3.45. The monoisotopic (exact) mass is 200 g/mol. The molecular weight excluding hydrogens is 184 g/mol. The average molecular weight is 200 g/mol. The quantitative estimate of drug-likeness (QED) is 0.516. The third-order valence-corrected chi connectivity index (χ3v) is 1.98. The Kier molecular flexibility index (Phi) is 4.48. The van der Waals surface area contributed by atoms with E-state index < -0.39 is 0 Å². The zero-order valence-corrected chi connectivity index (χ0v) is 9.44. The zero-order valence-electron chi connectivity index (χ0n) is 9.44. The van der Waals surface area contributed by atoms with Crippen molar-refractivity contribution in [2.75, 3.05) is 0 Å². The molecule has 0 aliphatic heterocycles. The normalized spacial score (nSPS) is 13.5. The molecule has 78 valence electrons. The van der Waals surface area contributed by atoms with Crippen LogP contribution >= 0.6 is 0 Å². The van der Waals surface area contributed by atoms with Gasteiger partial charge in [-0.2, -0.15) is 0 Å². The van der Waals surface area contributed by atoms with Crippen LogP contribution in [0.15, 0.2) is 52.1 Å². The summed E-state index contributed by atoms with van der Waals surface area (Å²) >= 11 is 0. The fourth-order valence-corrected chi connectivity index (χ4v) is 1.11. The minimum Gasteiger partial charge on any atom is -0.241 e. The number of nitrogens with zero attached hydrogens (tertiary/aromatic N) is 2. The minimum absolute atomic E-state index is 0.758. The first-order chi connectivity index (χ1) is 7.27. The number of amidine groups is 1. The number of hydrogen-bond acceptors (Lipinski definition) is 1. The molecule has 0 amide bonds. The van der Waals surface area contributed by atoms with Crippen molar-refractivity contribution in [1.82, 2.24) is 0 Å². The standard InChI is InChI=1S/C13H16N2/c1-4-11(3)15-13(14-5-2)12-9-7-6-8-10-12/h4-10H,1-3H3/b11-4-,14-5?,15-13?. The summed E-state index contributed by atoms with van der Waals surface area (Å²) in [6.07, 6.45) is 3.73. The van der Waals surface area contributed by atoms with E-state index in [1.54, 1.807) is 6.21 Å². The Morgan fingerprint density at radius 3 is 2.33 bits per heavy atom. The molecule has 2 nitrogen and oxygen atoms in total. The summed E-state index contributed by atoms with van der Waals surface area (Å²) in [5.41, 5.74) is 2.01. The third-order valence-electron chi connectivity index (χ3n) is 1.98. The van der Waals surface area contributed by atoms with Crippen LogP contribution in [0.2, 0.25) is 0 Å². The molecule has 0 N–H and O–H groups in total. The maximum absolute atomic E-state index is 4.43. The summed E-state index contributed by atoms with van der Waals surface area (Å²) < 4.78 is 0. The summed E-state index contributed by atoms with van der Waals surface area (Å²) in [6.45, 7) is 5.83. The Morgan fingerprint density at radius 1 is 1.13 bits per heavy atom. The summed E-state index contributed by atoms with van der Waals surface area (Å²) in [5, 5.41) is 0. The van der Waals surface area contributed by atoms with E-state index >= 15 is 0 Å². The highest BCUT2D eigenvalue weighted by Crippen LogP contribution is 2.05. The topological polar surface area (TPSA) is 24.7 Å². The molecule has 1 aromatic rings. The lowest BCUT2D eigenvalue weighted by molar-refractivity contribution is 1.27.